The van der Waals surface area contributed by atoms with Gasteiger partial charge in [0, 0.05) is 5.56 Å². The molecule has 0 saturated carbocycles. The van der Waals surface area contributed by atoms with Crippen molar-refractivity contribution in [2.24, 2.45) is 0 Å². The Hall–Kier alpha value is -2.54. The number of hydrogen-bond acceptors (Lipinski definition) is 6. The van der Waals surface area contributed by atoms with Crippen LogP contribution in [0, 0.1) is 13.8 Å². The van der Waals surface area contributed by atoms with Crippen LogP contribution in [-0.4, -0.2) is 36.8 Å². The topological polar surface area (TPSA) is 83.7 Å². The summed E-state index contributed by atoms with van der Waals surface area (Å²) in [5, 5.41) is 11.4. The number of likely N-dealkylation sites (tertiary alicyclic amines) is 1. The third-order valence-electron chi connectivity index (χ3n) is 4.39. The van der Waals surface area contributed by atoms with E-state index in [9.17, 15) is 0 Å². The summed E-state index contributed by atoms with van der Waals surface area (Å²) < 4.78 is 5.42. The zero-order valence-corrected chi connectivity index (χ0v) is 13.9. The molecule has 0 spiro atoms. The first kappa shape index (κ1) is 15.0. The second-order valence-corrected chi connectivity index (χ2v) is 6.29. The van der Waals surface area contributed by atoms with Gasteiger partial charge in [0.05, 0.1) is 12.6 Å². The van der Waals surface area contributed by atoms with Crippen LogP contribution < -0.4 is 0 Å². The van der Waals surface area contributed by atoms with E-state index in [0.29, 0.717) is 18.3 Å². The van der Waals surface area contributed by atoms with Crippen LogP contribution in [0.5, 0.6) is 0 Å². The van der Waals surface area contributed by atoms with E-state index >= 15 is 0 Å². The van der Waals surface area contributed by atoms with Crippen LogP contribution in [0.4, 0.5) is 0 Å². The lowest BCUT2D eigenvalue weighted by atomic mass is 10.1. The van der Waals surface area contributed by atoms with E-state index in [1.54, 1.807) is 0 Å². The first-order valence-electron chi connectivity index (χ1n) is 8.21. The molecule has 0 aliphatic carbocycles. The number of nitrogens with zero attached hydrogens (tertiary/aromatic N) is 5. The van der Waals surface area contributed by atoms with Gasteiger partial charge in [-0.05, 0) is 45.4 Å². The van der Waals surface area contributed by atoms with Crippen LogP contribution in [0.2, 0.25) is 0 Å². The van der Waals surface area contributed by atoms with Gasteiger partial charge in [-0.15, -0.1) is 0 Å². The lowest BCUT2D eigenvalue weighted by Gasteiger charge is -2.19. The maximum absolute atomic E-state index is 5.42. The highest BCUT2D eigenvalue weighted by Gasteiger charge is 2.30. The molecule has 2 aromatic heterocycles. The van der Waals surface area contributed by atoms with E-state index in [-0.39, 0.29) is 6.04 Å². The first-order chi connectivity index (χ1) is 11.7. The molecule has 0 bridgehead atoms. The van der Waals surface area contributed by atoms with Crippen LogP contribution in [0.15, 0.2) is 28.8 Å². The zero-order chi connectivity index (χ0) is 16.5. The minimum absolute atomic E-state index is 0.219. The number of nitrogens with one attached hydrogen (secondary N) is 1. The van der Waals surface area contributed by atoms with Gasteiger partial charge in [0.15, 0.2) is 11.6 Å². The van der Waals surface area contributed by atoms with E-state index in [0.717, 1.165) is 36.6 Å². The Morgan fingerprint density at radius 3 is 2.79 bits per heavy atom. The molecule has 3 aromatic rings. The summed E-state index contributed by atoms with van der Waals surface area (Å²) in [6.07, 6.45) is 2.18. The molecule has 0 unspecified atom stereocenters. The van der Waals surface area contributed by atoms with Crippen molar-refractivity contribution in [3.63, 3.8) is 0 Å². The molecule has 3 heterocycles. The molecule has 1 aliphatic heterocycles. The maximum atomic E-state index is 5.42. The molecule has 1 aromatic carbocycles. The quantitative estimate of drug-likeness (QED) is 0.794. The van der Waals surface area contributed by atoms with Gasteiger partial charge in [0.2, 0.25) is 0 Å². The van der Waals surface area contributed by atoms with Gasteiger partial charge in [-0.2, -0.15) is 10.1 Å². The number of rotatable bonds is 4. The van der Waals surface area contributed by atoms with Crippen molar-refractivity contribution in [3.05, 3.63) is 47.3 Å². The van der Waals surface area contributed by atoms with E-state index in [2.05, 4.69) is 37.1 Å². The van der Waals surface area contributed by atoms with Gasteiger partial charge in [0.25, 0.3) is 5.89 Å². The van der Waals surface area contributed by atoms with Gasteiger partial charge in [-0.25, -0.2) is 4.98 Å². The molecule has 1 aliphatic rings. The Labute approximate surface area is 140 Å². The zero-order valence-electron chi connectivity index (χ0n) is 13.9. The second-order valence-electron chi connectivity index (χ2n) is 6.29. The normalized spacial score (nSPS) is 18.3. The monoisotopic (exact) mass is 324 g/mol. The summed E-state index contributed by atoms with van der Waals surface area (Å²) in [6.45, 7) is 5.62. The molecule has 1 N–H and O–H groups in total. The Morgan fingerprint density at radius 2 is 2.04 bits per heavy atom. The number of aryl methyl sites for hydroxylation is 2. The average Bonchev–Trinajstić information content (AvgIpc) is 3.30. The minimum atomic E-state index is 0.219. The molecular formula is C17H20N6O. The number of aromatic amines is 1. The highest BCUT2D eigenvalue weighted by molar-refractivity contribution is 5.53. The number of hydrogen-bond donors (Lipinski definition) is 1. The maximum Gasteiger partial charge on any atom is 0.257 e. The predicted octanol–water partition coefficient (Wildman–Crippen LogP) is 2.81. The Kier molecular flexibility index (Phi) is 3.86. The van der Waals surface area contributed by atoms with E-state index in [1.165, 1.54) is 5.56 Å². The summed E-state index contributed by atoms with van der Waals surface area (Å²) >= 11 is 0. The summed E-state index contributed by atoms with van der Waals surface area (Å²) in [5.41, 5.74) is 2.15. The summed E-state index contributed by atoms with van der Waals surface area (Å²) in [7, 11) is 0. The van der Waals surface area contributed by atoms with Crippen LogP contribution in [0.1, 0.15) is 41.9 Å². The third-order valence-corrected chi connectivity index (χ3v) is 4.39. The fourth-order valence-electron chi connectivity index (χ4n) is 3.13. The molecule has 1 saturated heterocycles. The molecule has 1 atom stereocenters. The molecular weight excluding hydrogens is 304 g/mol. The highest BCUT2D eigenvalue weighted by Crippen LogP contribution is 2.31. The first-order valence-corrected chi connectivity index (χ1v) is 8.21. The Bertz CT molecular complexity index is 822. The molecule has 124 valence electrons. The largest absolute Gasteiger partial charge is 0.334 e. The number of aromatic nitrogens is 5. The SMILES string of the molecule is Cc1ccc(-c2nc(CN3CCC[C@@H]3c3n[nH]c(C)n3)no2)cc1. The summed E-state index contributed by atoms with van der Waals surface area (Å²) in [6, 6.07) is 8.31. The highest BCUT2D eigenvalue weighted by atomic mass is 16.5. The van der Waals surface area contributed by atoms with Crippen molar-refractivity contribution in [3.8, 4) is 11.5 Å². The molecule has 7 heteroatoms. The van der Waals surface area contributed by atoms with Crippen molar-refractivity contribution in [2.75, 3.05) is 6.54 Å². The molecule has 4 rings (SSSR count). The Morgan fingerprint density at radius 1 is 1.21 bits per heavy atom. The number of H-pyrrole nitrogens is 1. The second kappa shape index (κ2) is 6.16. The molecule has 7 nitrogen and oxygen atoms in total. The van der Waals surface area contributed by atoms with Gasteiger partial charge in [-0.3, -0.25) is 10.00 Å². The van der Waals surface area contributed by atoms with Crippen molar-refractivity contribution in [1.82, 2.24) is 30.2 Å². The standard InChI is InChI=1S/C17H20N6O/c1-11-5-7-13(8-6-11)17-19-15(22-24-17)10-23-9-3-4-14(23)16-18-12(2)20-21-16/h5-8,14H,3-4,9-10H2,1-2H3,(H,18,20,21)/t14-/m1/s1. The molecule has 1 fully saturated rings. The average molecular weight is 324 g/mol. The third kappa shape index (κ3) is 2.94. The van der Waals surface area contributed by atoms with Gasteiger partial charge in [0.1, 0.15) is 5.82 Å². The van der Waals surface area contributed by atoms with E-state index in [4.69, 9.17) is 4.52 Å². The van der Waals surface area contributed by atoms with Gasteiger partial charge in [-0.1, -0.05) is 22.9 Å². The fourth-order valence-corrected chi connectivity index (χ4v) is 3.13. The predicted molar refractivity (Wildman–Crippen MR) is 88.0 cm³/mol. The van der Waals surface area contributed by atoms with Crippen molar-refractivity contribution >= 4 is 0 Å². The van der Waals surface area contributed by atoms with Crippen LogP contribution in [-0.2, 0) is 6.54 Å². The van der Waals surface area contributed by atoms with Crippen LogP contribution in [0.25, 0.3) is 11.5 Å². The lowest BCUT2D eigenvalue weighted by Crippen LogP contribution is -2.24. The van der Waals surface area contributed by atoms with Crippen LogP contribution in [0.3, 0.4) is 0 Å². The minimum Gasteiger partial charge on any atom is -0.334 e. The van der Waals surface area contributed by atoms with Crippen LogP contribution >= 0.6 is 0 Å². The number of benzene rings is 1. The van der Waals surface area contributed by atoms with Gasteiger partial charge < -0.3 is 4.52 Å². The summed E-state index contributed by atoms with van der Waals surface area (Å²) in [4.78, 5) is 11.3. The van der Waals surface area contributed by atoms with E-state index < -0.39 is 0 Å². The summed E-state index contributed by atoms with van der Waals surface area (Å²) in [5.74, 6) is 2.96. The molecule has 24 heavy (non-hydrogen) atoms. The molecule has 0 radical (unpaired) electrons. The Balaban J connectivity index is 1.50. The van der Waals surface area contributed by atoms with E-state index in [1.807, 2.05) is 31.2 Å². The van der Waals surface area contributed by atoms with Gasteiger partial charge >= 0.3 is 0 Å². The van der Waals surface area contributed by atoms with Crippen molar-refractivity contribution in [1.29, 1.82) is 0 Å². The molecule has 0 amide bonds. The van der Waals surface area contributed by atoms with Crippen molar-refractivity contribution < 1.29 is 4.52 Å². The van der Waals surface area contributed by atoms with Crippen molar-refractivity contribution in [2.45, 2.75) is 39.3 Å². The smallest absolute Gasteiger partial charge is 0.257 e. The fraction of sp³-hybridized carbons (Fsp3) is 0.412. The lowest BCUT2D eigenvalue weighted by molar-refractivity contribution is 0.230.